The number of fused-ring (bicyclic) bond motifs is 1. The van der Waals surface area contributed by atoms with Gasteiger partial charge in [0, 0.05) is 34.7 Å². The van der Waals surface area contributed by atoms with E-state index in [0.717, 1.165) is 17.5 Å². The number of benzene rings is 2. The van der Waals surface area contributed by atoms with E-state index >= 15 is 0 Å². The molecule has 0 unspecified atom stereocenters. The summed E-state index contributed by atoms with van der Waals surface area (Å²) in [4.78, 5) is 32.0. The maximum absolute atomic E-state index is 12.3. The average Bonchev–Trinajstić information content (AvgIpc) is 3.35. The number of carbonyl (C=O) groups is 2. The number of aromatic amines is 1. The molecule has 0 atom stereocenters. The molecular formula is C23H23N5O2S. The number of nitrogens with zero attached hydrogens (tertiary/aromatic N) is 1. The molecule has 0 aliphatic rings. The van der Waals surface area contributed by atoms with Crippen LogP contribution in [0.3, 0.4) is 0 Å². The van der Waals surface area contributed by atoms with Crippen molar-refractivity contribution in [2.75, 3.05) is 17.2 Å². The molecule has 7 nitrogen and oxygen atoms in total. The Kier molecular flexibility index (Phi) is 6.28. The number of amides is 3. The molecule has 158 valence electrons. The van der Waals surface area contributed by atoms with Crippen LogP contribution in [0.4, 0.5) is 15.6 Å². The minimum absolute atomic E-state index is 0.0964. The van der Waals surface area contributed by atoms with Crippen molar-refractivity contribution < 1.29 is 9.59 Å². The molecule has 0 spiro atoms. The lowest BCUT2D eigenvalue weighted by Gasteiger charge is -2.06. The molecule has 3 amide bonds. The number of nitrogens with one attached hydrogen (secondary N) is 4. The molecule has 0 aliphatic heterocycles. The molecule has 0 fully saturated rings. The van der Waals surface area contributed by atoms with Crippen molar-refractivity contribution in [3.05, 3.63) is 76.9 Å². The van der Waals surface area contributed by atoms with Gasteiger partial charge in [0.25, 0.3) is 0 Å². The van der Waals surface area contributed by atoms with Gasteiger partial charge in [0.2, 0.25) is 5.91 Å². The molecular weight excluding hydrogens is 410 g/mol. The van der Waals surface area contributed by atoms with Crippen LogP contribution in [0, 0.1) is 6.92 Å². The molecule has 0 saturated heterocycles. The third-order valence-corrected chi connectivity index (χ3v) is 5.59. The van der Waals surface area contributed by atoms with Gasteiger partial charge < -0.3 is 15.6 Å². The normalized spacial score (nSPS) is 10.7. The molecule has 4 aromatic rings. The number of rotatable bonds is 7. The fourth-order valence-corrected chi connectivity index (χ4v) is 4.04. The molecule has 2 aromatic carbocycles. The predicted molar refractivity (Wildman–Crippen MR) is 125 cm³/mol. The lowest BCUT2D eigenvalue weighted by molar-refractivity contribution is -0.120. The van der Waals surface area contributed by atoms with Gasteiger partial charge in [-0.15, -0.1) is 11.3 Å². The van der Waals surface area contributed by atoms with Crippen molar-refractivity contribution in [1.29, 1.82) is 0 Å². The number of aromatic nitrogens is 2. The summed E-state index contributed by atoms with van der Waals surface area (Å²) < 4.78 is 0. The third kappa shape index (κ3) is 5.49. The van der Waals surface area contributed by atoms with Gasteiger partial charge in [0.15, 0.2) is 5.13 Å². The summed E-state index contributed by atoms with van der Waals surface area (Å²) in [5.41, 5.74) is 4.67. The van der Waals surface area contributed by atoms with E-state index in [1.165, 1.54) is 22.3 Å². The summed E-state index contributed by atoms with van der Waals surface area (Å²) in [6.07, 6.45) is 2.90. The van der Waals surface area contributed by atoms with E-state index in [1.807, 2.05) is 55.6 Å². The second-order valence-corrected chi connectivity index (χ2v) is 8.09. The fourth-order valence-electron chi connectivity index (χ4n) is 3.33. The van der Waals surface area contributed by atoms with Crippen molar-refractivity contribution in [1.82, 2.24) is 15.3 Å². The minimum atomic E-state index is -0.366. The Balaban J connectivity index is 1.23. The van der Waals surface area contributed by atoms with Crippen LogP contribution in [-0.2, 0) is 17.6 Å². The molecule has 0 radical (unpaired) electrons. The van der Waals surface area contributed by atoms with E-state index in [9.17, 15) is 9.59 Å². The Hall–Kier alpha value is -3.65. The third-order valence-electron chi connectivity index (χ3n) is 4.78. The van der Waals surface area contributed by atoms with E-state index in [1.54, 1.807) is 5.38 Å². The molecule has 4 rings (SSSR count). The van der Waals surface area contributed by atoms with Crippen molar-refractivity contribution in [2.24, 2.45) is 0 Å². The van der Waals surface area contributed by atoms with Crippen molar-refractivity contribution in [3.63, 3.8) is 0 Å². The average molecular weight is 434 g/mol. The van der Waals surface area contributed by atoms with E-state index in [2.05, 4.69) is 32.0 Å². The van der Waals surface area contributed by atoms with Crippen LogP contribution >= 0.6 is 11.3 Å². The number of thiazole rings is 1. The number of para-hydroxylation sites is 1. The highest BCUT2D eigenvalue weighted by Gasteiger charge is 2.11. The number of urea groups is 1. The highest BCUT2D eigenvalue weighted by Crippen LogP contribution is 2.18. The van der Waals surface area contributed by atoms with Gasteiger partial charge in [-0.2, -0.15) is 0 Å². The van der Waals surface area contributed by atoms with Crippen molar-refractivity contribution >= 4 is 45.0 Å². The van der Waals surface area contributed by atoms with Crippen molar-refractivity contribution in [2.45, 2.75) is 19.8 Å². The van der Waals surface area contributed by atoms with Crippen molar-refractivity contribution in [3.8, 4) is 0 Å². The molecule has 2 heterocycles. The summed E-state index contributed by atoms with van der Waals surface area (Å²) in [5, 5.41) is 11.8. The zero-order valence-electron chi connectivity index (χ0n) is 17.1. The predicted octanol–water partition coefficient (Wildman–Crippen LogP) is 4.48. The van der Waals surface area contributed by atoms with Gasteiger partial charge in [0.05, 0.1) is 12.1 Å². The van der Waals surface area contributed by atoms with Gasteiger partial charge >= 0.3 is 6.03 Å². The number of H-pyrrole nitrogens is 1. The maximum atomic E-state index is 12.3. The van der Waals surface area contributed by atoms with E-state index in [0.29, 0.717) is 23.1 Å². The van der Waals surface area contributed by atoms with Crippen LogP contribution in [0.2, 0.25) is 0 Å². The lowest BCUT2D eigenvalue weighted by Crippen LogP contribution is -2.27. The first-order valence-electron chi connectivity index (χ1n) is 9.97. The fraction of sp³-hybridized carbons (Fsp3) is 0.174. The first-order valence-corrected chi connectivity index (χ1v) is 10.9. The summed E-state index contributed by atoms with van der Waals surface area (Å²) >= 11 is 1.29. The minimum Gasteiger partial charge on any atom is -0.361 e. The Labute approximate surface area is 183 Å². The number of hydrogen-bond donors (Lipinski definition) is 4. The molecule has 31 heavy (non-hydrogen) atoms. The summed E-state index contributed by atoms with van der Waals surface area (Å²) in [6, 6.07) is 15.3. The van der Waals surface area contributed by atoms with Gasteiger partial charge in [-0.05, 0) is 42.7 Å². The molecule has 0 bridgehead atoms. The smallest absolute Gasteiger partial charge is 0.325 e. The van der Waals surface area contributed by atoms with Crippen LogP contribution in [0.15, 0.2) is 60.1 Å². The maximum Gasteiger partial charge on any atom is 0.325 e. The first-order chi connectivity index (χ1) is 15.1. The second-order valence-electron chi connectivity index (χ2n) is 7.23. The number of carbonyl (C=O) groups excluding carboxylic acids is 2. The quantitative estimate of drug-likeness (QED) is 0.346. The Bertz CT molecular complexity index is 1210. The molecule has 0 aliphatic carbocycles. The van der Waals surface area contributed by atoms with E-state index < -0.39 is 0 Å². The van der Waals surface area contributed by atoms with Crippen LogP contribution in [-0.4, -0.2) is 28.5 Å². The summed E-state index contributed by atoms with van der Waals surface area (Å²) in [5.74, 6) is -0.0964. The number of hydrogen-bond acceptors (Lipinski definition) is 4. The molecule has 2 aromatic heterocycles. The van der Waals surface area contributed by atoms with E-state index in [-0.39, 0.29) is 18.4 Å². The van der Waals surface area contributed by atoms with Gasteiger partial charge in [-0.3, -0.25) is 10.1 Å². The zero-order chi connectivity index (χ0) is 21.6. The zero-order valence-corrected chi connectivity index (χ0v) is 17.9. The molecule has 0 saturated carbocycles. The SMILES string of the molecule is Cc1cccc(NC(=O)Nc2nc(CC(=O)NCCc3c[nH]c4ccccc34)cs2)c1. The van der Waals surface area contributed by atoms with Crippen LogP contribution in [0.5, 0.6) is 0 Å². The van der Waals surface area contributed by atoms with Gasteiger partial charge in [-0.25, -0.2) is 9.78 Å². The largest absolute Gasteiger partial charge is 0.361 e. The number of anilines is 2. The van der Waals surface area contributed by atoms with E-state index in [4.69, 9.17) is 0 Å². The Morgan fingerprint density at radius 2 is 1.97 bits per heavy atom. The first kappa shape index (κ1) is 20.6. The molecule has 4 N–H and O–H groups in total. The second kappa shape index (κ2) is 9.44. The Morgan fingerprint density at radius 3 is 2.84 bits per heavy atom. The van der Waals surface area contributed by atoms with Crippen LogP contribution in [0.25, 0.3) is 10.9 Å². The highest BCUT2D eigenvalue weighted by atomic mass is 32.1. The standard InChI is InChI=1S/C23H23N5O2S/c1-15-5-4-6-17(11-15)26-22(30)28-23-27-18(14-31-23)12-21(29)24-10-9-16-13-25-20-8-3-2-7-19(16)20/h2-8,11,13-14,25H,9-10,12H2,1H3,(H,24,29)(H2,26,27,28,30). The van der Waals surface area contributed by atoms with Gasteiger partial charge in [-0.1, -0.05) is 30.3 Å². The highest BCUT2D eigenvalue weighted by molar-refractivity contribution is 7.14. The summed E-state index contributed by atoms with van der Waals surface area (Å²) in [7, 11) is 0. The summed E-state index contributed by atoms with van der Waals surface area (Å²) in [6.45, 7) is 2.51. The number of aryl methyl sites for hydroxylation is 1. The van der Waals surface area contributed by atoms with Crippen LogP contribution < -0.4 is 16.0 Å². The molecule has 8 heteroatoms. The lowest BCUT2D eigenvalue weighted by atomic mass is 10.1. The van der Waals surface area contributed by atoms with Crippen LogP contribution in [0.1, 0.15) is 16.8 Å². The topological polar surface area (TPSA) is 98.9 Å². The monoisotopic (exact) mass is 433 g/mol. The van der Waals surface area contributed by atoms with Gasteiger partial charge in [0.1, 0.15) is 0 Å². The Morgan fingerprint density at radius 1 is 1.10 bits per heavy atom.